The molecule has 1 atom stereocenters. The van der Waals surface area contributed by atoms with Crippen LogP contribution in [0.3, 0.4) is 0 Å². The number of nitrogens with zero attached hydrogens (tertiary/aromatic N) is 3. The lowest BCUT2D eigenvalue weighted by Crippen LogP contribution is -2.44. The van der Waals surface area contributed by atoms with E-state index in [2.05, 4.69) is 27.5 Å². The number of nitrogens with one attached hydrogen (secondary N) is 2. The van der Waals surface area contributed by atoms with Crippen molar-refractivity contribution < 1.29 is 4.79 Å². The summed E-state index contributed by atoms with van der Waals surface area (Å²) in [5.41, 5.74) is 0. The Balaban J connectivity index is 0.00000288. The van der Waals surface area contributed by atoms with Crippen LogP contribution in [0, 0.1) is 0 Å². The van der Waals surface area contributed by atoms with Gasteiger partial charge in [0, 0.05) is 44.2 Å². The molecule has 1 aromatic heterocycles. The molecule has 1 unspecified atom stereocenters. The number of rotatable bonds is 6. The summed E-state index contributed by atoms with van der Waals surface area (Å²) < 4.78 is 0. The van der Waals surface area contributed by atoms with E-state index in [4.69, 9.17) is 0 Å². The van der Waals surface area contributed by atoms with E-state index in [1.165, 1.54) is 25.7 Å². The third kappa shape index (κ3) is 6.92. The smallest absolute Gasteiger partial charge is 0.243 e. The van der Waals surface area contributed by atoms with Crippen molar-refractivity contribution >= 4 is 47.2 Å². The molecule has 1 heterocycles. The second kappa shape index (κ2) is 10.9. The van der Waals surface area contributed by atoms with Gasteiger partial charge in [-0.3, -0.25) is 4.79 Å². The maximum absolute atomic E-state index is 11.8. The quantitative estimate of drug-likeness (QED) is 0.385. The number of likely N-dealkylation sites (N-methyl/N-ethyl adjacent to an activating group) is 1. The van der Waals surface area contributed by atoms with Gasteiger partial charge in [-0.25, -0.2) is 9.98 Å². The zero-order valence-electron chi connectivity index (χ0n) is 14.6. The lowest BCUT2D eigenvalue weighted by Gasteiger charge is -2.19. The molecule has 0 spiro atoms. The van der Waals surface area contributed by atoms with Crippen LogP contribution in [0.5, 0.6) is 0 Å². The highest BCUT2D eigenvalue weighted by Crippen LogP contribution is 2.18. The van der Waals surface area contributed by atoms with Crippen LogP contribution in [-0.2, 0) is 4.79 Å². The van der Waals surface area contributed by atoms with Gasteiger partial charge in [0.15, 0.2) is 5.96 Å². The number of aromatic nitrogens is 1. The number of aliphatic imine (C=N–C) groups is 1. The molecule has 8 heteroatoms. The predicted octanol–water partition coefficient (Wildman–Crippen LogP) is 2.43. The van der Waals surface area contributed by atoms with Crippen LogP contribution in [0.25, 0.3) is 0 Å². The number of hydrogen-bond acceptors (Lipinski definition) is 4. The number of carbonyl (C=O) groups is 1. The van der Waals surface area contributed by atoms with Gasteiger partial charge in [0.25, 0.3) is 0 Å². The molecule has 0 aliphatic heterocycles. The summed E-state index contributed by atoms with van der Waals surface area (Å²) >= 11 is 1.67. The molecule has 136 valence electrons. The zero-order valence-corrected chi connectivity index (χ0v) is 17.8. The Morgan fingerprint density at radius 3 is 2.75 bits per heavy atom. The summed E-state index contributed by atoms with van der Waals surface area (Å²) in [6.07, 6.45) is 6.70. The highest BCUT2D eigenvalue weighted by atomic mass is 127. The number of halogens is 1. The van der Waals surface area contributed by atoms with Crippen LogP contribution in [-0.4, -0.2) is 55.0 Å². The Morgan fingerprint density at radius 1 is 1.46 bits per heavy atom. The Morgan fingerprint density at radius 2 is 2.17 bits per heavy atom. The largest absolute Gasteiger partial charge is 0.356 e. The second-order valence-corrected chi connectivity index (χ2v) is 7.16. The fraction of sp³-hybridized carbons (Fsp3) is 0.688. The SMILES string of the molecule is CC(CNC(=NCC(=O)N(C)C)NC1CCCC1)c1nccs1.I. The molecule has 2 N–H and O–H groups in total. The molecule has 2 rings (SSSR count). The van der Waals surface area contributed by atoms with Crippen LogP contribution < -0.4 is 10.6 Å². The van der Waals surface area contributed by atoms with Crippen molar-refractivity contribution in [3.05, 3.63) is 16.6 Å². The average Bonchev–Trinajstić information content (AvgIpc) is 3.22. The number of hydrogen-bond donors (Lipinski definition) is 2. The Labute approximate surface area is 165 Å². The minimum absolute atomic E-state index is 0. The van der Waals surface area contributed by atoms with Crippen LogP contribution in [0.2, 0.25) is 0 Å². The van der Waals surface area contributed by atoms with E-state index in [0.717, 1.165) is 17.5 Å². The highest BCUT2D eigenvalue weighted by molar-refractivity contribution is 14.0. The molecule has 0 saturated heterocycles. The molecule has 24 heavy (non-hydrogen) atoms. The summed E-state index contributed by atoms with van der Waals surface area (Å²) in [5, 5.41) is 9.93. The highest BCUT2D eigenvalue weighted by Gasteiger charge is 2.17. The fourth-order valence-electron chi connectivity index (χ4n) is 2.52. The van der Waals surface area contributed by atoms with Crippen molar-refractivity contribution in [1.82, 2.24) is 20.5 Å². The van der Waals surface area contributed by atoms with Gasteiger partial charge < -0.3 is 15.5 Å². The molecule has 1 amide bonds. The van der Waals surface area contributed by atoms with E-state index >= 15 is 0 Å². The van der Waals surface area contributed by atoms with Gasteiger partial charge in [-0.15, -0.1) is 35.3 Å². The van der Waals surface area contributed by atoms with Crippen LogP contribution >= 0.6 is 35.3 Å². The zero-order chi connectivity index (χ0) is 16.7. The van der Waals surface area contributed by atoms with Gasteiger partial charge in [-0.1, -0.05) is 19.8 Å². The van der Waals surface area contributed by atoms with E-state index in [-0.39, 0.29) is 36.4 Å². The summed E-state index contributed by atoms with van der Waals surface area (Å²) in [5.74, 6) is 1.05. The van der Waals surface area contributed by atoms with Gasteiger partial charge in [-0.2, -0.15) is 0 Å². The molecule has 0 radical (unpaired) electrons. The standard InChI is InChI=1S/C16H27N5OS.HI/c1-12(15-17-8-9-23-15)10-18-16(19-11-14(22)21(2)3)20-13-6-4-5-7-13;/h8-9,12-13H,4-7,10-11H2,1-3H3,(H2,18,19,20);1H. The topological polar surface area (TPSA) is 69.6 Å². The van der Waals surface area contributed by atoms with Crippen molar-refractivity contribution in [1.29, 1.82) is 0 Å². The van der Waals surface area contributed by atoms with Gasteiger partial charge in [0.2, 0.25) is 5.91 Å². The third-order valence-electron chi connectivity index (χ3n) is 4.02. The molecule has 1 aliphatic rings. The molecular weight excluding hydrogens is 437 g/mol. The molecule has 1 aliphatic carbocycles. The van der Waals surface area contributed by atoms with Gasteiger partial charge in [0.1, 0.15) is 6.54 Å². The molecular formula is C16H28IN5OS. The van der Waals surface area contributed by atoms with Gasteiger partial charge in [0.05, 0.1) is 5.01 Å². The molecule has 0 aromatic carbocycles. The van der Waals surface area contributed by atoms with Gasteiger partial charge in [-0.05, 0) is 12.8 Å². The van der Waals surface area contributed by atoms with E-state index in [9.17, 15) is 4.79 Å². The van der Waals surface area contributed by atoms with Crippen molar-refractivity contribution in [2.24, 2.45) is 4.99 Å². The summed E-state index contributed by atoms with van der Waals surface area (Å²) in [4.78, 5) is 22.1. The van der Waals surface area contributed by atoms with E-state index < -0.39 is 0 Å². The first-order valence-corrected chi connectivity index (χ1v) is 9.08. The fourth-order valence-corrected chi connectivity index (χ4v) is 3.22. The monoisotopic (exact) mass is 465 g/mol. The first-order chi connectivity index (χ1) is 11.1. The lowest BCUT2D eigenvalue weighted by molar-refractivity contribution is -0.127. The van der Waals surface area contributed by atoms with Crippen LogP contribution in [0.15, 0.2) is 16.6 Å². The third-order valence-corrected chi connectivity index (χ3v) is 5.02. The Bertz CT molecular complexity index is 515. The first-order valence-electron chi connectivity index (χ1n) is 8.20. The average molecular weight is 465 g/mol. The lowest BCUT2D eigenvalue weighted by atomic mass is 10.2. The minimum Gasteiger partial charge on any atom is -0.356 e. The number of thiazole rings is 1. The summed E-state index contributed by atoms with van der Waals surface area (Å²) in [6, 6.07) is 0.464. The number of amides is 1. The van der Waals surface area contributed by atoms with Crippen molar-refractivity contribution in [3.8, 4) is 0 Å². The maximum atomic E-state index is 11.8. The predicted molar refractivity (Wildman–Crippen MR) is 110 cm³/mol. The van der Waals surface area contributed by atoms with E-state index in [1.54, 1.807) is 30.3 Å². The van der Waals surface area contributed by atoms with Crippen LogP contribution in [0.1, 0.15) is 43.5 Å². The molecule has 1 fully saturated rings. The minimum atomic E-state index is 0. The van der Waals surface area contributed by atoms with Crippen molar-refractivity contribution in [2.45, 2.75) is 44.6 Å². The molecule has 1 aromatic rings. The summed E-state index contributed by atoms with van der Waals surface area (Å²) in [6.45, 7) is 3.06. The Kier molecular flexibility index (Phi) is 9.57. The normalized spacial score (nSPS) is 16.4. The van der Waals surface area contributed by atoms with Crippen LogP contribution in [0.4, 0.5) is 0 Å². The van der Waals surface area contributed by atoms with E-state index in [1.807, 2.05) is 11.6 Å². The molecule has 1 saturated carbocycles. The second-order valence-electron chi connectivity index (χ2n) is 6.23. The van der Waals surface area contributed by atoms with E-state index in [0.29, 0.717) is 12.0 Å². The number of guanidine groups is 1. The first kappa shape index (κ1) is 21.1. The van der Waals surface area contributed by atoms with Gasteiger partial charge >= 0.3 is 0 Å². The molecule has 0 bridgehead atoms. The maximum Gasteiger partial charge on any atom is 0.243 e. The molecule has 6 nitrogen and oxygen atoms in total. The summed E-state index contributed by atoms with van der Waals surface area (Å²) in [7, 11) is 3.50. The van der Waals surface area contributed by atoms with Crippen molar-refractivity contribution in [2.75, 3.05) is 27.2 Å². The number of carbonyl (C=O) groups excluding carboxylic acids is 1. The Hall–Kier alpha value is -0.900. The van der Waals surface area contributed by atoms with Crippen molar-refractivity contribution in [3.63, 3.8) is 0 Å².